The van der Waals surface area contributed by atoms with Crippen LogP contribution in [-0.2, 0) is 0 Å². The number of benzene rings is 12. The van der Waals surface area contributed by atoms with Gasteiger partial charge in [-0.1, -0.05) is 246 Å². The molecule has 0 amide bonds. The van der Waals surface area contributed by atoms with E-state index in [0.29, 0.717) is 0 Å². The zero-order valence-electron chi connectivity index (χ0n) is 36.3. The fraction of sp³-hybridized carbons (Fsp3) is 0. The SMILES string of the molecule is Brc1ccc2c(-c3ccccc3)c3c(c(-c4ccccc4)c2c1)-c1ccc(Br)c2cccc-3c12.Brc1ccc2c(-c3ccccc3)c3c(c(-c4ccccc4)c2c1)-c1cccc2c(Br)ccc-3c12. The van der Waals surface area contributed by atoms with Crippen molar-refractivity contribution < 1.29 is 0 Å². The maximum Gasteiger partial charge on any atom is 0.0254 e. The molecule has 0 nitrogen and oxygen atoms in total. The van der Waals surface area contributed by atoms with Crippen LogP contribution in [0, 0.1) is 0 Å². The lowest BCUT2D eigenvalue weighted by Crippen LogP contribution is -1.93. The van der Waals surface area contributed by atoms with E-state index in [1.807, 2.05) is 0 Å². The molecule has 0 fully saturated rings. The average molecular weight is 1120 g/mol. The van der Waals surface area contributed by atoms with Crippen LogP contribution in [0.4, 0.5) is 0 Å². The molecule has 0 N–H and O–H groups in total. The molecule has 0 saturated carbocycles. The smallest absolute Gasteiger partial charge is 0.0254 e. The number of hydrogen-bond donors (Lipinski definition) is 0. The normalized spacial score (nSPS) is 11.8. The highest BCUT2D eigenvalue weighted by molar-refractivity contribution is 9.11. The average Bonchev–Trinajstić information content (AvgIpc) is 3.89. The van der Waals surface area contributed by atoms with Crippen LogP contribution in [0.25, 0.3) is 132 Å². The summed E-state index contributed by atoms with van der Waals surface area (Å²) in [6.07, 6.45) is 0. The molecule has 0 bridgehead atoms. The lowest BCUT2D eigenvalue weighted by Gasteiger charge is -2.20. The van der Waals surface area contributed by atoms with Crippen molar-refractivity contribution >= 4 is 107 Å². The molecule has 2 aliphatic rings. The van der Waals surface area contributed by atoms with Crippen LogP contribution in [0.2, 0.25) is 0 Å². The summed E-state index contributed by atoms with van der Waals surface area (Å²) in [7, 11) is 0. The maximum atomic E-state index is 3.81. The van der Waals surface area contributed by atoms with Crippen LogP contribution in [0.1, 0.15) is 0 Å². The lowest BCUT2D eigenvalue weighted by molar-refractivity contribution is 1.61. The van der Waals surface area contributed by atoms with Gasteiger partial charge in [0.1, 0.15) is 0 Å². The highest BCUT2D eigenvalue weighted by atomic mass is 79.9. The minimum atomic E-state index is 1.09. The summed E-state index contributed by atoms with van der Waals surface area (Å²) in [5.41, 5.74) is 20.7. The third kappa shape index (κ3) is 6.49. The topological polar surface area (TPSA) is 0 Å². The van der Waals surface area contributed by atoms with Crippen molar-refractivity contribution in [2.45, 2.75) is 0 Å². The third-order valence-corrected chi connectivity index (χ3v) is 16.2. The first-order chi connectivity index (χ1) is 33.4. The minimum Gasteiger partial charge on any atom is -0.0622 e. The molecule has 14 rings (SSSR count). The molecule has 0 radical (unpaired) electrons. The summed E-state index contributed by atoms with van der Waals surface area (Å²) in [5, 5.41) is 10.3. The molecular weight excluding hydrogens is 1090 g/mol. The Morgan fingerprint density at radius 1 is 0.206 bits per heavy atom. The Hall–Kier alpha value is -6.40. The van der Waals surface area contributed by atoms with Crippen LogP contribution in [0.15, 0.2) is 236 Å². The van der Waals surface area contributed by atoms with Gasteiger partial charge < -0.3 is 0 Å². The van der Waals surface area contributed by atoms with Crippen molar-refractivity contribution in [1.29, 1.82) is 0 Å². The molecule has 0 atom stereocenters. The molecule has 0 spiro atoms. The van der Waals surface area contributed by atoms with Crippen molar-refractivity contribution in [2.24, 2.45) is 0 Å². The second kappa shape index (κ2) is 16.7. The van der Waals surface area contributed by atoms with E-state index in [4.69, 9.17) is 0 Å². The molecule has 12 aromatic rings. The molecule has 0 saturated heterocycles. The predicted octanol–water partition coefficient (Wildman–Crippen LogP) is 21.0. The summed E-state index contributed by atoms with van der Waals surface area (Å²) in [6, 6.07) is 79.1. The van der Waals surface area contributed by atoms with Crippen molar-refractivity contribution in [1.82, 2.24) is 0 Å². The Morgan fingerprint density at radius 3 is 0.853 bits per heavy atom. The first-order valence-corrected chi connectivity index (χ1v) is 25.9. The van der Waals surface area contributed by atoms with Crippen LogP contribution in [0.3, 0.4) is 0 Å². The van der Waals surface area contributed by atoms with Gasteiger partial charge in [0.2, 0.25) is 0 Å². The van der Waals surface area contributed by atoms with E-state index in [2.05, 4.69) is 282 Å². The highest BCUT2D eigenvalue weighted by Gasteiger charge is 2.33. The van der Waals surface area contributed by atoms with E-state index in [1.165, 1.54) is 132 Å². The van der Waals surface area contributed by atoms with Crippen molar-refractivity contribution in [3.63, 3.8) is 0 Å². The first kappa shape index (κ1) is 41.8. The fourth-order valence-corrected chi connectivity index (χ4v) is 12.8. The van der Waals surface area contributed by atoms with Crippen LogP contribution in [-0.4, -0.2) is 0 Å². The molecular formula is C64H36Br4. The zero-order chi connectivity index (χ0) is 45.6. The molecule has 0 unspecified atom stereocenters. The summed E-state index contributed by atoms with van der Waals surface area (Å²) < 4.78 is 4.45. The van der Waals surface area contributed by atoms with Gasteiger partial charge in [0.05, 0.1) is 0 Å². The highest BCUT2D eigenvalue weighted by Crippen LogP contribution is 2.60. The van der Waals surface area contributed by atoms with Crippen LogP contribution < -0.4 is 0 Å². The number of halogens is 4. The largest absolute Gasteiger partial charge is 0.0622 e. The molecule has 68 heavy (non-hydrogen) atoms. The minimum absolute atomic E-state index is 1.09. The van der Waals surface area contributed by atoms with Gasteiger partial charge in [-0.15, -0.1) is 0 Å². The van der Waals surface area contributed by atoms with Crippen molar-refractivity contribution in [3.05, 3.63) is 236 Å². The number of rotatable bonds is 4. The van der Waals surface area contributed by atoms with E-state index in [1.54, 1.807) is 0 Å². The van der Waals surface area contributed by atoms with E-state index >= 15 is 0 Å². The Balaban J connectivity index is 0.000000134. The summed E-state index contributed by atoms with van der Waals surface area (Å²) in [4.78, 5) is 0. The van der Waals surface area contributed by atoms with Gasteiger partial charge in [-0.3, -0.25) is 0 Å². The van der Waals surface area contributed by atoms with E-state index in [0.717, 1.165) is 17.9 Å². The van der Waals surface area contributed by atoms with Gasteiger partial charge >= 0.3 is 0 Å². The second-order valence-electron chi connectivity index (χ2n) is 17.5. The van der Waals surface area contributed by atoms with Crippen LogP contribution >= 0.6 is 63.7 Å². The second-order valence-corrected chi connectivity index (χ2v) is 21.0. The van der Waals surface area contributed by atoms with Crippen LogP contribution in [0.5, 0.6) is 0 Å². The molecule has 0 aliphatic heterocycles. The molecule has 0 aromatic heterocycles. The summed E-state index contributed by atoms with van der Waals surface area (Å²) in [6.45, 7) is 0. The van der Waals surface area contributed by atoms with Gasteiger partial charge in [0, 0.05) is 17.9 Å². The van der Waals surface area contributed by atoms with E-state index in [-0.39, 0.29) is 0 Å². The fourth-order valence-electron chi connectivity index (χ4n) is 11.2. The lowest BCUT2D eigenvalue weighted by atomic mass is 9.82. The monoisotopic (exact) mass is 1120 g/mol. The van der Waals surface area contributed by atoms with Gasteiger partial charge in [-0.05, 0) is 169 Å². The summed E-state index contributed by atoms with van der Waals surface area (Å²) >= 11 is 15.1. The number of fused-ring (bicyclic) bond motifs is 8. The van der Waals surface area contributed by atoms with E-state index in [9.17, 15) is 0 Å². The molecule has 320 valence electrons. The zero-order valence-corrected chi connectivity index (χ0v) is 42.6. The quantitative estimate of drug-likeness (QED) is 0.165. The molecule has 4 heteroatoms. The Bertz CT molecular complexity index is 3820. The van der Waals surface area contributed by atoms with E-state index < -0.39 is 0 Å². The maximum absolute atomic E-state index is 3.81. The number of hydrogen-bond acceptors (Lipinski definition) is 0. The van der Waals surface area contributed by atoms with Crippen molar-refractivity contribution in [2.75, 3.05) is 0 Å². The third-order valence-electron chi connectivity index (χ3n) is 13.8. The molecule has 12 aromatic carbocycles. The Labute approximate surface area is 428 Å². The predicted molar refractivity (Wildman–Crippen MR) is 304 cm³/mol. The Morgan fingerprint density at radius 2 is 0.515 bits per heavy atom. The van der Waals surface area contributed by atoms with Gasteiger partial charge in [-0.2, -0.15) is 0 Å². The molecule has 0 heterocycles. The van der Waals surface area contributed by atoms with Gasteiger partial charge in [0.25, 0.3) is 0 Å². The first-order valence-electron chi connectivity index (χ1n) is 22.7. The van der Waals surface area contributed by atoms with Gasteiger partial charge in [0.15, 0.2) is 0 Å². The standard InChI is InChI=1S/2C32H18Br2/c33-21-14-15-22-26(18-21)29(20-10-5-2-6-11-20)31-24-13-7-12-23-27(34)17-16-25(30(23)24)32(31)28(22)19-8-3-1-4-9-19;33-21-14-15-22-26(18-21)29(20-10-5-2-6-11-20)32-25-16-17-27(34)23-12-7-13-24(30(23)25)31(32)28(22)19-8-3-1-4-9-19/h2*1-18H. The Kier molecular flexibility index (Phi) is 10.2. The molecule has 2 aliphatic carbocycles. The van der Waals surface area contributed by atoms with Crippen molar-refractivity contribution in [3.8, 4) is 89.0 Å². The van der Waals surface area contributed by atoms with Gasteiger partial charge in [-0.25, -0.2) is 0 Å². The summed E-state index contributed by atoms with van der Waals surface area (Å²) in [5.74, 6) is 0.